The highest BCUT2D eigenvalue weighted by molar-refractivity contribution is 5.72. The van der Waals surface area contributed by atoms with Crippen LogP contribution in [0.25, 0.3) is 0 Å². The van der Waals surface area contributed by atoms with E-state index in [1.165, 1.54) is 6.42 Å². The highest BCUT2D eigenvalue weighted by Crippen LogP contribution is 2.26. The maximum Gasteiger partial charge on any atom is 0.308 e. The zero-order valence-corrected chi connectivity index (χ0v) is 12.0. The normalized spacial score (nSPS) is 32.6. The summed E-state index contributed by atoms with van der Waals surface area (Å²) in [4.78, 5) is 11.7. The van der Waals surface area contributed by atoms with Gasteiger partial charge in [0.25, 0.3) is 0 Å². The zero-order valence-electron chi connectivity index (χ0n) is 12.0. The highest BCUT2D eigenvalue weighted by Gasteiger charge is 2.28. The fraction of sp³-hybridized carbons (Fsp3) is 0.933. The summed E-state index contributed by atoms with van der Waals surface area (Å²) in [6.45, 7) is 4.17. The molecule has 1 atom stereocenters. The Hall–Kier alpha value is -0.610. The molecule has 1 unspecified atom stereocenters. The van der Waals surface area contributed by atoms with Crippen molar-refractivity contribution >= 4 is 5.97 Å². The predicted molar refractivity (Wildman–Crippen MR) is 74.0 cm³/mol. The number of carbonyl (C=O) groups is 1. The molecule has 2 fully saturated rings. The quantitative estimate of drug-likeness (QED) is 0.795. The molecule has 2 rings (SSSR count). The fourth-order valence-electron chi connectivity index (χ4n) is 3.16. The average Bonchev–Trinajstić information content (AvgIpc) is 2.68. The second kappa shape index (κ2) is 7.85. The first-order chi connectivity index (χ1) is 9.29. The Morgan fingerprint density at radius 2 is 1.84 bits per heavy atom. The van der Waals surface area contributed by atoms with Crippen molar-refractivity contribution in [3.8, 4) is 0 Å². The lowest BCUT2D eigenvalue weighted by Gasteiger charge is -2.31. The minimum atomic E-state index is 0.00353. The number of hydrogen-bond acceptors (Lipinski definition) is 4. The molecule has 1 aliphatic carbocycles. The molecule has 1 heterocycles. The van der Waals surface area contributed by atoms with Crippen LogP contribution in [0.15, 0.2) is 0 Å². The van der Waals surface area contributed by atoms with E-state index in [2.05, 4.69) is 5.32 Å². The molecule has 1 saturated heterocycles. The summed E-state index contributed by atoms with van der Waals surface area (Å²) in [5, 5.41) is 3.76. The molecule has 110 valence electrons. The lowest BCUT2D eigenvalue weighted by molar-refractivity contribution is -0.149. The van der Waals surface area contributed by atoms with Crippen molar-refractivity contribution in [2.24, 2.45) is 5.92 Å². The molecule has 0 aromatic carbocycles. The zero-order chi connectivity index (χ0) is 13.5. The summed E-state index contributed by atoms with van der Waals surface area (Å²) in [6, 6.07) is 1.18. The van der Waals surface area contributed by atoms with Gasteiger partial charge in [-0.1, -0.05) is 0 Å². The fourth-order valence-corrected chi connectivity index (χ4v) is 3.16. The van der Waals surface area contributed by atoms with E-state index in [9.17, 15) is 4.79 Å². The van der Waals surface area contributed by atoms with Gasteiger partial charge in [0.05, 0.1) is 12.5 Å². The van der Waals surface area contributed by atoms with Crippen LogP contribution in [0.4, 0.5) is 0 Å². The average molecular weight is 269 g/mol. The number of nitrogens with one attached hydrogen (secondary N) is 1. The molecule has 1 N–H and O–H groups in total. The molecule has 2 aliphatic rings. The van der Waals surface area contributed by atoms with Gasteiger partial charge in [0, 0.05) is 25.3 Å². The summed E-state index contributed by atoms with van der Waals surface area (Å²) in [6.07, 6.45) is 7.65. The van der Waals surface area contributed by atoms with Crippen LogP contribution >= 0.6 is 0 Å². The van der Waals surface area contributed by atoms with Gasteiger partial charge in [-0.3, -0.25) is 4.79 Å². The van der Waals surface area contributed by atoms with Crippen molar-refractivity contribution in [2.75, 3.05) is 19.8 Å². The van der Waals surface area contributed by atoms with Crippen LogP contribution in [-0.4, -0.2) is 37.9 Å². The van der Waals surface area contributed by atoms with Crippen molar-refractivity contribution in [3.63, 3.8) is 0 Å². The summed E-state index contributed by atoms with van der Waals surface area (Å²) >= 11 is 0. The first-order valence-electron chi connectivity index (χ1n) is 7.80. The van der Waals surface area contributed by atoms with E-state index in [1.807, 2.05) is 6.92 Å². The van der Waals surface area contributed by atoms with Crippen LogP contribution < -0.4 is 5.32 Å². The molecule has 19 heavy (non-hydrogen) atoms. The van der Waals surface area contributed by atoms with Gasteiger partial charge in [-0.15, -0.1) is 0 Å². The largest absolute Gasteiger partial charge is 0.466 e. The lowest BCUT2D eigenvalue weighted by Crippen LogP contribution is -2.41. The van der Waals surface area contributed by atoms with Crippen molar-refractivity contribution in [1.29, 1.82) is 0 Å². The van der Waals surface area contributed by atoms with Crippen molar-refractivity contribution in [3.05, 3.63) is 0 Å². The predicted octanol–water partition coefficient (Wildman–Crippen LogP) is 2.27. The molecular weight excluding hydrogens is 242 g/mol. The third-order valence-electron chi connectivity index (χ3n) is 4.27. The molecule has 0 spiro atoms. The van der Waals surface area contributed by atoms with Gasteiger partial charge >= 0.3 is 5.97 Å². The third kappa shape index (κ3) is 4.77. The molecule has 0 aromatic rings. The molecule has 1 aliphatic heterocycles. The summed E-state index contributed by atoms with van der Waals surface area (Å²) in [5.74, 6) is 0.138. The monoisotopic (exact) mass is 269 g/mol. The molecule has 4 nitrogen and oxygen atoms in total. The van der Waals surface area contributed by atoms with Crippen LogP contribution in [0.2, 0.25) is 0 Å². The van der Waals surface area contributed by atoms with Crippen molar-refractivity contribution < 1.29 is 14.3 Å². The lowest BCUT2D eigenvalue weighted by atomic mass is 9.85. The van der Waals surface area contributed by atoms with Crippen LogP contribution in [0.3, 0.4) is 0 Å². The molecule has 0 amide bonds. The van der Waals surface area contributed by atoms with Gasteiger partial charge in [-0.05, 0) is 51.9 Å². The number of rotatable bonds is 4. The number of carbonyl (C=O) groups excluding carboxylic acids is 1. The van der Waals surface area contributed by atoms with Crippen LogP contribution in [0.5, 0.6) is 0 Å². The SMILES string of the molecule is CCOC(=O)C1CCC(NC2CCCOCC2)CC1. The minimum absolute atomic E-state index is 0.00353. The summed E-state index contributed by atoms with van der Waals surface area (Å²) < 4.78 is 10.6. The molecule has 0 radical (unpaired) electrons. The maximum atomic E-state index is 11.7. The Labute approximate surface area is 116 Å². The van der Waals surface area contributed by atoms with Gasteiger partial charge in [-0.2, -0.15) is 0 Å². The maximum absolute atomic E-state index is 11.7. The van der Waals surface area contributed by atoms with E-state index in [1.54, 1.807) is 0 Å². The second-order valence-corrected chi connectivity index (χ2v) is 5.71. The van der Waals surface area contributed by atoms with Gasteiger partial charge in [-0.25, -0.2) is 0 Å². The van der Waals surface area contributed by atoms with Crippen LogP contribution in [-0.2, 0) is 14.3 Å². The molecule has 4 heteroatoms. The minimum Gasteiger partial charge on any atom is -0.466 e. The summed E-state index contributed by atoms with van der Waals surface area (Å²) in [7, 11) is 0. The van der Waals surface area contributed by atoms with E-state index < -0.39 is 0 Å². The second-order valence-electron chi connectivity index (χ2n) is 5.71. The van der Waals surface area contributed by atoms with E-state index in [0.29, 0.717) is 18.7 Å². The molecular formula is C15H27NO3. The van der Waals surface area contributed by atoms with Gasteiger partial charge in [0.1, 0.15) is 0 Å². The molecule has 1 saturated carbocycles. The number of esters is 1. The standard InChI is InChI=1S/C15H27NO3/c1-2-19-15(17)12-5-7-14(8-6-12)16-13-4-3-10-18-11-9-13/h12-14,16H,2-11H2,1H3. The first kappa shape index (κ1) is 14.8. The number of hydrogen-bond donors (Lipinski definition) is 1. The Bertz CT molecular complexity index is 267. The first-order valence-corrected chi connectivity index (χ1v) is 7.80. The smallest absolute Gasteiger partial charge is 0.308 e. The molecule has 0 aromatic heterocycles. The third-order valence-corrected chi connectivity index (χ3v) is 4.27. The number of ether oxygens (including phenoxy) is 2. The van der Waals surface area contributed by atoms with E-state index >= 15 is 0 Å². The Morgan fingerprint density at radius 3 is 2.58 bits per heavy atom. The highest BCUT2D eigenvalue weighted by atomic mass is 16.5. The Morgan fingerprint density at radius 1 is 1.11 bits per heavy atom. The van der Waals surface area contributed by atoms with Crippen LogP contribution in [0, 0.1) is 5.92 Å². The van der Waals surface area contributed by atoms with Gasteiger partial charge < -0.3 is 14.8 Å². The van der Waals surface area contributed by atoms with Crippen molar-refractivity contribution in [1.82, 2.24) is 5.32 Å². The van der Waals surface area contributed by atoms with E-state index in [-0.39, 0.29) is 11.9 Å². The van der Waals surface area contributed by atoms with Crippen LogP contribution in [0.1, 0.15) is 51.9 Å². The topological polar surface area (TPSA) is 47.6 Å². The van der Waals surface area contributed by atoms with Gasteiger partial charge in [0.2, 0.25) is 0 Å². The summed E-state index contributed by atoms with van der Waals surface area (Å²) in [5.41, 5.74) is 0. The van der Waals surface area contributed by atoms with E-state index in [4.69, 9.17) is 9.47 Å². The van der Waals surface area contributed by atoms with Gasteiger partial charge in [0.15, 0.2) is 0 Å². The Kier molecular flexibility index (Phi) is 6.11. The van der Waals surface area contributed by atoms with E-state index in [0.717, 1.165) is 51.7 Å². The molecule has 0 bridgehead atoms. The Balaban J connectivity index is 1.69. The van der Waals surface area contributed by atoms with Crippen molar-refractivity contribution in [2.45, 2.75) is 64.0 Å².